The van der Waals surface area contributed by atoms with Crippen LogP contribution in [0.4, 0.5) is 4.79 Å². The zero-order chi connectivity index (χ0) is 13.1. The van der Waals surface area contributed by atoms with Crippen LogP contribution in [-0.4, -0.2) is 53.6 Å². The van der Waals surface area contributed by atoms with Crippen molar-refractivity contribution in [2.75, 3.05) is 20.6 Å². The van der Waals surface area contributed by atoms with Gasteiger partial charge in [-0.1, -0.05) is 20.8 Å². The Morgan fingerprint density at radius 1 is 1.25 bits per heavy atom. The van der Waals surface area contributed by atoms with E-state index in [1.807, 2.05) is 20.8 Å². The summed E-state index contributed by atoms with van der Waals surface area (Å²) >= 11 is 0. The minimum absolute atomic E-state index is 0.00227. The molecule has 94 valence electrons. The van der Waals surface area contributed by atoms with Gasteiger partial charge >= 0.3 is 12.0 Å². The minimum atomic E-state index is -1.000. The van der Waals surface area contributed by atoms with Gasteiger partial charge in [-0.3, -0.25) is 0 Å². The van der Waals surface area contributed by atoms with Gasteiger partial charge in [0, 0.05) is 20.6 Å². The van der Waals surface area contributed by atoms with Crippen LogP contribution in [0.1, 0.15) is 27.7 Å². The summed E-state index contributed by atoms with van der Waals surface area (Å²) in [7, 11) is 3.18. The van der Waals surface area contributed by atoms with Crippen molar-refractivity contribution in [1.82, 2.24) is 9.80 Å². The number of carbonyl (C=O) groups excluding carboxylic acids is 1. The maximum atomic E-state index is 11.9. The Kier molecular flexibility index (Phi) is 4.78. The van der Waals surface area contributed by atoms with E-state index in [0.717, 1.165) is 0 Å². The summed E-state index contributed by atoms with van der Waals surface area (Å²) in [6.45, 7) is 8.15. The van der Waals surface area contributed by atoms with Gasteiger partial charge in [0.25, 0.3) is 0 Å². The molecule has 2 amide bonds. The van der Waals surface area contributed by atoms with Crippen LogP contribution >= 0.6 is 0 Å². The fraction of sp³-hybridized carbons (Fsp3) is 0.818. The van der Waals surface area contributed by atoms with Gasteiger partial charge in [0.2, 0.25) is 0 Å². The Hall–Kier alpha value is -1.26. The van der Waals surface area contributed by atoms with Crippen molar-refractivity contribution in [1.29, 1.82) is 0 Å². The highest BCUT2D eigenvalue weighted by Gasteiger charge is 2.26. The first-order valence-corrected chi connectivity index (χ1v) is 5.27. The van der Waals surface area contributed by atoms with Crippen molar-refractivity contribution in [2.24, 2.45) is 5.41 Å². The van der Waals surface area contributed by atoms with E-state index in [9.17, 15) is 9.59 Å². The normalized spacial score (nSPS) is 13.1. The maximum Gasteiger partial charge on any atom is 0.326 e. The third kappa shape index (κ3) is 4.51. The number of carboxylic acid groups (broad SMARTS) is 1. The molecule has 0 aromatic rings. The molecular formula is C11H22N2O3. The smallest absolute Gasteiger partial charge is 0.326 e. The number of carboxylic acids is 1. The van der Waals surface area contributed by atoms with E-state index in [4.69, 9.17) is 5.11 Å². The van der Waals surface area contributed by atoms with Gasteiger partial charge in [0.05, 0.1) is 0 Å². The number of nitrogens with zero attached hydrogens (tertiary/aromatic N) is 2. The van der Waals surface area contributed by atoms with E-state index in [0.29, 0.717) is 6.54 Å². The highest BCUT2D eigenvalue weighted by molar-refractivity contribution is 5.82. The van der Waals surface area contributed by atoms with Gasteiger partial charge in [-0.25, -0.2) is 9.59 Å². The van der Waals surface area contributed by atoms with Crippen LogP contribution in [0.25, 0.3) is 0 Å². The summed E-state index contributed by atoms with van der Waals surface area (Å²) in [5, 5.41) is 8.80. The second kappa shape index (κ2) is 5.18. The first-order valence-electron chi connectivity index (χ1n) is 5.27. The van der Waals surface area contributed by atoms with Gasteiger partial charge in [-0.15, -0.1) is 0 Å². The number of hydrogen-bond acceptors (Lipinski definition) is 2. The number of carbonyl (C=O) groups is 2. The molecule has 1 N–H and O–H groups in total. The Labute approximate surface area is 97.0 Å². The van der Waals surface area contributed by atoms with Crippen molar-refractivity contribution in [3.05, 3.63) is 0 Å². The van der Waals surface area contributed by atoms with E-state index in [2.05, 4.69) is 0 Å². The van der Waals surface area contributed by atoms with Crippen molar-refractivity contribution in [2.45, 2.75) is 33.7 Å². The molecule has 0 aliphatic carbocycles. The lowest BCUT2D eigenvalue weighted by molar-refractivity contribution is -0.141. The Morgan fingerprint density at radius 2 is 1.69 bits per heavy atom. The fourth-order valence-corrected chi connectivity index (χ4v) is 1.38. The summed E-state index contributed by atoms with van der Waals surface area (Å²) in [6.07, 6.45) is 0. The number of aliphatic carboxylic acids is 1. The summed E-state index contributed by atoms with van der Waals surface area (Å²) in [4.78, 5) is 25.4. The molecule has 0 saturated heterocycles. The summed E-state index contributed by atoms with van der Waals surface area (Å²) in [6, 6.07) is -1.08. The van der Waals surface area contributed by atoms with Crippen LogP contribution in [0.3, 0.4) is 0 Å². The summed E-state index contributed by atoms with van der Waals surface area (Å²) in [5.74, 6) is -1.000. The first kappa shape index (κ1) is 14.7. The second-order valence-corrected chi connectivity index (χ2v) is 5.32. The monoisotopic (exact) mass is 230 g/mol. The van der Waals surface area contributed by atoms with E-state index in [1.54, 1.807) is 11.9 Å². The van der Waals surface area contributed by atoms with E-state index >= 15 is 0 Å². The molecule has 0 bridgehead atoms. The largest absolute Gasteiger partial charge is 0.480 e. The van der Waals surface area contributed by atoms with Crippen molar-refractivity contribution in [3.8, 4) is 0 Å². The predicted octanol–water partition coefficient (Wildman–Crippen LogP) is 1.49. The highest BCUT2D eigenvalue weighted by atomic mass is 16.4. The molecule has 1 atom stereocenters. The molecule has 0 rings (SSSR count). The maximum absolute atomic E-state index is 11.9. The lowest BCUT2D eigenvalue weighted by atomic mass is 9.96. The van der Waals surface area contributed by atoms with Gasteiger partial charge in [-0.05, 0) is 12.3 Å². The van der Waals surface area contributed by atoms with Crippen molar-refractivity contribution in [3.63, 3.8) is 0 Å². The Balaban J connectivity index is 4.50. The molecule has 5 nitrogen and oxygen atoms in total. The average Bonchev–Trinajstić information content (AvgIpc) is 2.11. The number of rotatable bonds is 3. The molecule has 0 spiro atoms. The third-order valence-electron chi connectivity index (χ3n) is 2.28. The Morgan fingerprint density at radius 3 is 2.00 bits per heavy atom. The van der Waals surface area contributed by atoms with Crippen LogP contribution in [0.2, 0.25) is 0 Å². The topological polar surface area (TPSA) is 60.9 Å². The van der Waals surface area contributed by atoms with Crippen LogP contribution in [0.5, 0.6) is 0 Å². The molecule has 0 aromatic heterocycles. The van der Waals surface area contributed by atoms with Gasteiger partial charge in [-0.2, -0.15) is 0 Å². The van der Waals surface area contributed by atoms with Gasteiger partial charge < -0.3 is 14.9 Å². The summed E-state index contributed by atoms with van der Waals surface area (Å²) < 4.78 is 0. The second-order valence-electron chi connectivity index (χ2n) is 5.32. The predicted molar refractivity (Wildman–Crippen MR) is 62.3 cm³/mol. The molecule has 0 aliphatic rings. The van der Waals surface area contributed by atoms with E-state index in [-0.39, 0.29) is 11.4 Å². The van der Waals surface area contributed by atoms with Gasteiger partial charge in [0.1, 0.15) is 6.04 Å². The first-order chi connectivity index (χ1) is 7.06. The van der Waals surface area contributed by atoms with Crippen LogP contribution in [-0.2, 0) is 4.79 Å². The minimum Gasteiger partial charge on any atom is -0.480 e. The van der Waals surface area contributed by atoms with E-state index < -0.39 is 12.0 Å². The molecule has 16 heavy (non-hydrogen) atoms. The van der Waals surface area contributed by atoms with Gasteiger partial charge in [0.15, 0.2) is 0 Å². The highest BCUT2D eigenvalue weighted by Crippen LogP contribution is 2.15. The molecule has 0 aliphatic heterocycles. The zero-order valence-electron chi connectivity index (χ0n) is 10.9. The number of likely N-dealkylation sites (N-methyl/N-ethyl adjacent to an activating group) is 1. The van der Waals surface area contributed by atoms with Crippen molar-refractivity contribution >= 4 is 12.0 Å². The molecule has 0 saturated carbocycles. The van der Waals surface area contributed by atoms with Crippen LogP contribution in [0, 0.1) is 5.41 Å². The molecule has 0 aromatic carbocycles. The van der Waals surface area contributed by atoms with Crippen molar-refractivity contribution < 1.29 is 14.7 Å². The number of hydrogen-bond donors (Lipinski definition) is 1. The standard InChI is InChI=1S/C11H22N2O3/c1-8(9(14)15)13(6)10(16)12(5)7-11(2,3)4/h8H,7H2,1-6H3,(H,14,15). The quantitative estimate of drug-likeness (QED) is 0.799. The molecule has 0 radical (unpaired) electrons. The molecule has 0 heterocycles. The molecular weight excluding hydrogens is 208 g/mol. The van der Waals surface area contributed by atoms with Crippen LogP contribution in [0.15, 0.2) is 0 Å². The number of urea groups is 1. The molecule has 0 fully saturated rings. The Bertz CT molecular complexity index is 271. The van der Waals surface area contributed by atoms with Crippen LogP contribution < -0.4 is 0 Å². The SMILES string of the molecule is CC(C(=O)O)N(C)C(=O)N(C)CC(C)(C)C. The summed E-state index contributed by atoms with van der Waals surface area (Å²) in [5.41, 5.74) is -0.00227. The third-order valence-corrected chi connectivity index (χ3v) is 2.28. The average molecular weight is 230 g/mol. The zero-order valence-corrected chi connectivity index (χ0v) is 10.9. The molecule has 5 heteroatoms. The fourth-order valence-electron chi connectivity index (χ4n) is 1.38. The lowest BCUT2D eigenvalue weighted by Gasteiger charge is -2.31. The van der Waals surface area contributed by atoms with E-state index in [1.165, 1.54) is 18.9 Å². The number of amides is 2. The lowest BCUT2D eigenvalue weighted by Crippen LogP contribution is -2.48. The molecule has 1 unspecified atom stereocenters.